The Labute approximate surface area is 237 Å². The van der Waals surface area contributed by atoms with Gasteiger partial charge in [-0.1, -0.05) is 42.0 Å². The molecule has 0 aliphatic carbocycles. The minimum atomic E-state index is -4.16. The lowest BCUT2D eigenvalue weighted by Crippen LogP contribution is -2.54. The van der Waals surface area contributed by atoms with Gasteiger partial charge in [-0.25, -0.2) is 12.8 Å². The van der Waals surface area contributed by atoms with Crippen LogP contribution in [-0.2, 0) is 26.2 Å². The zero-order valence-electron chi connectivity index (χ0n) is 24.2. The van der Waals surface area contributed by atoms with E-state index < -0.39 is 39.9 Å². The van der Waals surface area contributed by atoms with Gasteiger partial charge >= 0.3 is 0 Å². The summed E-state index contributed by atoms with van der Waals surface area (Å²) in [5, 5.41) is 2.89. The molecule has 3 aromatic rings. The third-order valence-electron chi connectivity index (χ3n) is 6.66. The average molecular weight is 568 g/mol. The summed E-state index contributed by atoms with van der Waals surface area (Å²) in [7, 11) is -4.16. The number of benzene rings is 3. The van der Waals surface area contributed by atoms with Crippen LogP contribution < -0.4 is 9.62 Å². The maximum Gasteiger partial charge on any atom is 0.264 e. The van der Waals surface area contributed by atoms with Crippen LogP contribution in [0.1, 0.15) is 49.9 Å². The third-order valence-corrected chi connectivity index (χ3v) is 8.44. The highest BCUT2D eigenvalue weighted by atomic mass is 32.2. The Bertz CT molecular complexity index is 1460. The Morgan fingerprint density at radius 1 is 0.925 bits per heavy atom. The number of anilines is 1. The lowest BCUT2D eigenvalue weighted by Gasteiger charge is -2.34. The number of nitrogens with zero attached hydrogens (tertiary/aromatic N) is 2. The van der Waals surface area contributed by atoms with Gasteiger partial charge in [0.25, 0.3) is 10.0 Å². The zero-order valence-corrected chi connectivity index (χ0v) is 25.0. The number of halogens is 1. The summed E-state index contributed by atoms with van der Waals surface area (Å²) in [5.41, 5.74) is 2.92. The van der Waals surface area contributed by atoms with E-state index in [0.717, 1.165) is 21.0 Å². The van der Waals surface area contributed by atoms with Gasteiger partial charge in [0, 0.05) is 12.1 Å². The van der Waals surface area contributed by atoms with E-state index in [9.17, 15) is 22.4 Å². The molecule has 0 aromatic heterocycles. The maximum absolute atomic E-state index is 14.0. The van der Waals surface area contributed by atoms with Crippen LogP contribution in [0.15, 0.2) is 71.6 Å². The highest BCUT2D eigenvalue weighted by Gasteiger charge is 2.34. The van der Waals surface area contributed by atoms with Crippen LogP contribution in [0.25, 0.3) is 0 Å². The van der Waals surface area contributed by atoms with Crippen molar-refractivity contribution in [2.45, 2.75) is 71.5 Å². The Kier molecular flexibility index (Phi) is 9.40. The molecule has 0 saturated heterocycles. The molecule has 1 unspecified atom stereocenters. The SMILES string of the molecule is Cc1ccc(S(=O)(=O)N(CC(=O)N(Cc2ccc(F)cc2)C(C)C(=O)NC(C)(C)C)c2cccc(C)c2C)cc1. The quantitative estimate of drug-likeness (QED) is 0.381. The van der Waals surface area contributed by atoms with E-state index in [0.29, 0.717) is 11.3 Å². The van der Waals surface area contributed by atoms with Crippen molar-refractivity contribution < 1.29 is 22.4 Å². The lowest BCUT2D eigenvalue weighted by molar-refractivity contribution is -0.140. The minimum Gasteiger partial charge on any atom is -0.350 e. The number of carbonyl (C=O) groups is 2. The standard InChI is InChI=1S/C31H38FN3O4S/c1-21-11-17-27(18-12-21)40(38,39)35(28-10-8-9-22(2)23(28)3)20-29(36)34(19-25-13-15-26(32)16-14-25)24(4)30(37)33-31(5,6)7/h8-18,24H,19-20H2,1-7H3,(H,33,37). The molecule has 0 bridgehead atoms. The summed E-state index contributed by atoms with van der Waals surface area (Å²) in [4.78, 5) is 28.5. The molecule has 214 valence electrons. The van der Waals surface area contributed by atoms with Gasteiger partial charge in [-0.05, 0) is 95.5 Å². The van der Waals surface area contributed by atoms with Crippen molar-refractivity contribution in [2.75, 3.05) is 10.8 Å². The summed E-state index contributed by atoms with van der Waals surface area (Å²) in [6.45, 7) is 12.1. The number of hydrogen-bond donors (Lipinski definition) is 1. The molecule has 1 atom stereocenters. The van der Waals surface area contributed by atoms with Crippen LogP contribution in [0, 0.1) is 26.6 Å². The second-order valence-corrected chi connectivity index (χ2v) is 13.0. The topological polar surface area (TPSA) is 86.8 Å². The van der Waals surface area contributed by atoms with Gasteiger partial charge in [0.2, 0.25) is 11.8 Å². The van der Waals surface area contributed by atoms with Crippen LogP contribution in [0.3, 0.4) is 0 Å². The molecule has 3 rings (SSSR count). The van der Waals surface area contributed by atoms with E-state index >= 15 is 0 Å². The molecular weight excluding hydrogens is 529 g/mol. The average Bonchev–Trinajstić information content (AvgIpc) is 2.87. The highest BCUT2D eigenvalue weighted by Crippen LogP contribution is 2.29. The number of sulfonamides is 1. The molecule has 0 fully saturated rings. The summed E-state index contributed by atoms with van der Waals surface area (Å²) in [6, 6.07) is 16.4. The van der Waals surface area contributed by atoms with E-state index in [1.807, 2.05) is 47.6 Å². The molecule has 9 heteroatoms. The fourth-order valence-corrected chi connectivity index (χ4v) is 5.67. The molecule has 3 aromatic carbocycles. The molecule has 1 N–H and O–H groups in total. The van der Waals surface area contributed by atoms with Gasteiger partial charge in [0.05, 0.1) is 10.6 Å². The second-order valence-electron chi connectivity index (χ2n) is 11.1. The van der Waals surface area contributed by atoms with E-state index in [1.165, 1.54) is 41.3 Å². The van der Waals surface area contributed by atoms with E-state index in [4.69, 9.17) is 0 Å². The smallest absolute Gasteiger partial charge is 0.264 e. The van der Waals surface area contributed by atoms with Crippen molar-refractivity contribution in [3.63, 3.8) is 0 Å². The molecular formula is C31H38FN3O4S. The number of carbonyl (C=O) groups excluding carboxylic acids is 2. The van der Waals surface area contributed by atoms with E-state index in [1.54, 1.807) is 31.2 Å². The van der Waals surface area contributed by atoms with Crippen molar-refractivity contribution in [2.24, 2.45) is 0 Å². The van der Waals surface area contributed by atoms with Gasteiger partial charge in [-0.3, -0.25) is 13.9 Å². The van der Waals surface area contributed by atoms with E-state index in [-0.39, 0.29) is 17.3 Å². The first kappa shape index (κ1) is 30.8. The molecule has 0 spiro atoms. The number of nitrogens with one attached hydrogen (secondary N) is 1. The molecule has 0 radical (unpaired) electrons. The Balaban J connectivity index is 2.08. The van der Waals surface area contributed by atoms with Gasteiger partial charge < -0.3 is 10.2 Å². The largest absolute Gasteiger partial charge is 0.350 e. The predicted octanol–water partition coefficient (Wildman–Crippen LogP) is 5.28. The first-order chi connectivity index (χ1) is 18.6. The van der Waals surface area contributed by atoms with Crippen LogP contribution in [0.4, 0.5) is 10.1 Å². The minimum absolute atomic E-state index is 0.0109. The predicted molar refractivity (Wildman–Crippen MR) is 156 cm³/mol. The monoisotopic (exact) mass is 567 g/mol. The number of aryl methyl sites for hydroxylation is 2. The molecule has 2 amide bonds. The maximum atomic E-state index is 14.0. The Morgan fingerprint density at radius 3 is 2.10 bits per heavy atom. The highest BCUT2D eigenvalue weighted by molar-refractivity contribution is 7.92. The van der Waals surface area contributed by atoms with Crippen molar-refractivity contribution >= 4 is 27.5 Å². The molecule has 0 aliphatic heterocycles. The number of hydrogen-bond acceptors (Lipinski definition) is 4. The van der Waals surface area contributed by atoms with Crippen LogP contribution >= 0.6 is 0 Å². The normalized spacial score (nSPS) is 12.5. The summed E-state index contributed by atoms with van der Waals surface area (Å²) in [5.74, 6) is -1.38. The van der Waals surface area contributed by atoms with Crippen molar-refractivity contribution in [3.05, 3.63) is 94.8 Å². The molecule has 0 aliphatic rings. The van der Waals surface area contributed by atoms with Gasteiger partial charge in [-0.15, -0.1) is 0 Å². The Morgan fingerprint density at radius 2 is 1.52 bits per heavy atom. The van der Waals surface area contributed by atoms with Gasteiger partial charge in [-0.2, -0.15) is 0 Å². The zero-order chi connectivity index (χ0) is 29.8. The Hall–Kier alpha value is -3.72. The summed E-state index contributed by atoms with van der Waals surface area (Å²) >= 11 is 0. The first-order valence-corrected chi connectivity index (χ1v) is 14.6. The molecule has 0 heterocycles. The van der Waals surface area contributed by atoms with Gasteiger partial charge in [0.15, 0.2) is 0 Å². The molecule has 7 nitrogen and oxygen atoms in total. The third kappa shape index (κ3) is 7.47. The lowest BCUT2D eigenvalue weighted by atomic mass is 10.1. The fourth-order valence-electron chi connectivity index (χ4n) is 4.20. The fraction of sp³-hybridized carbons (Fsp3) is 0.355. The summed E-state index contributed by atoms with van der Waals surface area (Å²) < 4.78 is 42.7. The van der Waals surface area contributed by atoms with Crippen LogP contribution in [0.5, 0.6) is 0 Å². The van der Waals surface area contributed by atoms with Gasteiger partial charge in [0.1, 0.15) is 18.4 Å². The number of amides is 2. The van der Waals surface area contributed by atoms with Crippen molar-refractivity contribution in [1.29, 1.82) is 0 Å². The molecule has 0 saturated carbocycles. The molecule has 40 heavy (non-hydrogen) atoms. The summed E-state index contributed by atoms with van der Waals surface area (Å²) in [6.07, 6.45) is 0. The first-order valence-electron chi connectivity index (χ1n) is 13.1. The van der Waals surface area contributed by atoms with Crippen molar-refractivity contribution in [1.82, 2.24) is 10.2 Å². The van der Waals surface area contributed by atoms with Crippen LogP contribution in [0.2, 0.25) is 0 Å². The number of rotatable bonds is 9. The van der Waals surface area contributed by atoms with Crippen molar-refractivity contribution in [3.8, 4) is 0 Å². The van der Waals surface area contributed by atoms with E-state index in [2.05, 4.69) is 5.32 Å². The van der Waals surface area contributed by atoms with Crippen LogP contribution in [-0.4, -0.2) is 43.3 Å². The second kappa shape index (κ2) is 12.2.